The van der Waals surface area contributed by atoms with Gasteiger partial charge >= 0.3 is 127 Å². The first-order valence-corrected chi connectivity index (χ1v) is 9.55. The number of para-hydroxylation sites is 1. The molecule has 0 aliphatic carbocycles. The van der Waals surface area contributed by atoms with Crippen LogP contribution in [0, 0.1) is 0 Å². The second-order valence-electron chi connectivity index (χ2n) is 3.84. The van der Waals surface area contributed by atoms with Gasteiger partial charge in [-0.05, 0) is 0 Å². The Morgan fingerprint density at radius 2 is 2.05 bits per heavy atom. The summed E-state index contributed by atoms with van der Waals surface area (Å²) in [6.45, 7) is -0.213. The summed E-state index contributed by atoms with van der Waals surface area (Å²) in [4.78, 5) is 23.9. The number of aliphatic hydroxyl groups excluding tert-OH is 1. The summed E-state index contributed by atoms with van der Waals surface area (Å²) >= 11 is 0.344. The molecule has 0 fully saturated rings. The van der Waals surface area contributed by atoms with Gasteiger partial charge in [0.15, 0.2) is 0 Å². The Bertz CT molecular complexity index is 465. The minimum atomic E-state index is -1.38. The average molecular weight is 453 g/mol. The maximum absolute atomic E-state index is 12.2. The van der Waals surface area contributed by atoms with Gasteiger partial charge in [0.25, 0.3) is 0 Å². The molecule has 0 radical (unpaired) electrons. The van der Waals surface area contributed by atoms with Gasteiger partial charge < -0.3 is 0 Å². The van der Waals surface area contributed by atoms with Crippen molar-refractivity contribution < 1.29 is 50.7 Å². The van der Waals surface area contributed by atoms with E-state index in [-0.39, 0.29) is 12.1 Å². The molecule has 98 valence electrons. The molecule has 19 heavy (non-hydrogen) atoms. The number of rotatable bonds is 5. The van der Waals surface area contributed by atoms with Crippen LogP contribution in [0.1, 0.15) is 10.4 Å². The number of hydrogen-bond donors (Lipinski definition) is 2. The van der Waals surface area contributed by atoms with Crippen LogP contribution in [0.25, 0.3) is 0 Å². The van der Waals surface area contributed by atoms with Crippen LogP contribution in [-0.4, -0.2) is 46.9 Å². The molecular weight excluding hydrogens is 439 g/mol. The van der Waals surface area contributed by atoms with Crippen LogP contribution in [-0.2, 0) is 26.1 Å². The Balaban J connectivity index is 3.02. The Kier molecular flexibility index (Phi) is 6.24. The zero-order valence-electron chi connectivity index (χ0n) is 10.6. The van der Waals surface area contributed by atoms with Crippen LogP contribution in [0.4, 0.5) is 4.79 Å². The molecule has 1 unspecified atom stereocenters. The Morgan fingerprint density at radius 3 is 2.58 bits per heavy atom. The first-order valence-electron chi connectivity index (χ1n) is 5.66. The minimum absolute atomic E-state index is 0.165. The van der Waals surface area contributed by atoms with Crippen LogP contribution in [0.3, 0.4) is 0 Å². The number of carbonyl (C=O) groups excluding carboxylic acids is 1. The molecule has 0 aromatic heterocycles. The zero-order chi connectivity index (χ0) is 14.4. The van der Waals surface area contributed by atoms with Crippen LogP contribution in [0.15, 0.2) is 24.3 Å². The van der Waals surface area contributed by atoms with Crippen LogP contribution >= 0.6 is 0 Å². The molecule has 6 nitrogen and oxygen atoms in total. The molecule has 1 aromatic rings. The number of amides is 2. The van der Waals surface area contributed by atoms with Gasteiger partial charge in [-0.3, -0.25) is 0 Å². The van der Waals surface area contributed by atoms with E-state index in [4.69, 9.17) is 9.84 Å². The number of imide groups is 1. The van der Waals surface area contributed by atoms with Gasteiger partial charge in [0.2, 0.25) is 0 Å². The molecule has 2 amide bonds. The van der Waals surface area contributed by atoms with E-state index in [1.165, 1.54) is 13.2 Å². The van der Waals surface area contributed by atoms with E-state index in [1.807, 2.05) is 0 Å². The summed E-state index contributed by atoms with van der Waals surface area (Å²) in [6.07, 6.45) is -2.17. The van der Waals surface area contributed by atoms with Crippen molar-refractivity contribution in [3.63, 3.8) is 0 Å². The van der Waals surface area contributed by atoms with Crippen molar-refractivity contribution in [1.29, 1.82) is 0 Å². The molecule has 1 atom stereocenters. The first-order chi connectivity index (χ1) is 9.01. The van der Waals surface area contributed by atoms with E-state index >= 15 is 0 Å². The summed E-state index contributed by atoms with van der Waals surface area (Å²) in [5.74, 6) is -0.381. The van der Waals surface area contributed by atoms with E-state index in [1.54, 1.807) is 18.2 Å². The summed E-state index contributed by atoms with van der Waals surface area (Å²) in [5, 5.41) is 18.6. The predicted octanol–water partition coefficient (Wildman–Crippen LogP) is 1.14. The molecule has 0 spiro atoms. The average Bonchev–Trinajstić information content (AvgIpc) is 2.43. The van der Waals surface area contributed by atoms with Crippen LogP contribution < -0.4 is 4.74 Å². The summed E-state index contributed by atoms with van der Waals surface area (Å²) in [7, 11) is 1.41. The van der Waals surface area contributed by atoms with Gasteiger partial charge in [0.05, 0.1) is 0 Å². The number of ether oxygens (including phenoxy) is 1. The third kappa shape index (κ3) is 4.17. The molecule has 0 saturated carbocycles. The number of benzene rings is 1. The maximum atomic E-state index is 12.2. The van der Waals surface area contributed by atoms with E-state index in [9.17, 15) is 14.7 Å². The van der Waals surface area contributed by atoms with E-state index in [0.29, 0.717) is 40.7 Å². The van der Waals surface area contributed by atoms with Crippen LogP contribution in [0.2, 0.25) is 3.93 Å². The SMILES string of the molecule is COc1ccccc1C(=O)N(CC(O)[CH2][Hg+])C(=O)O. The number of carbonyl (C=O) groups is 2. The van der Waals surface area contributed by atoms with Crippen molar-refractivity contribution in [3.05, 3.63) is 29.8 Å². The molecule has 0 aliphatic rings. The molecule has 0 aliphatic heterocycles. The Labute approximate surface area is 126 Å². The Hall–Kier alpha value is -1.14. The molecule has 0 bridgehead atoms. The van der Waals surface area contributed by atoms with Gasteiger partial charge in [-0.25, -0.2) is 0 Å². The number of hydrogen-bond acceptors (Lipinski definition) is 4. The molecular formula is C12H14HgNO5+. The van der Waals surface area contributed by atoms with E-state index in [0.717, 1.165) is 0 Å². The van der Waals surface area contributed by atoms with Crippen molar-refractivity contribution in [3.8, 4) is 5.75 Å². The molecule has 1 rings (SSSR count). The monoisotopic (exact) mass is 454 g/mol. The van der Waals surface area contributed by atoms with E-state index in [2.05, 4.69) is 0 Å². The topological polar surface area (TPSA) is 87.1 Å². The number of carboxylic acid groups (broad SMARTS) is 1. The number of methoxy groups -OCH3 is 1. The van der Waals surface area contributed by atoms with Gasteiger partial charge in [0, 0.05) is 0 Å². The van der Waals surface area contributed by atoms with Crippen molar-refractivity contribution in [2.45, 2.75) is 10.0 Å². The van der Waals surface area contributed by atoms with Gasteiger partial charge in [-0.2, -0.15) is 0 Å². The fraction of sp³-hybridized carbons (Fsp3) is 0.333. The van der Waals surface area contributed by atoms with Crippen molar-refractivity contribution in [2.24, 2.45) is 0 Å². The molecule has 0 heterocycles. The molecule has 2 N–H and O–H groups in total. The van der Waals surface area contributed by atoms with Gasteiger partial charge in [-0.1, -0.05) is 0 Å². The Morgan fingerprint density at radius 1 is 1.42 bits per heavy atom. The van der Waals surface area contributed by atoms with Crippen molar-refractivity contribution >= 4 is 12.0 Å². The quantitative estimate of drug-likeness (QED) is 0.654. The summed E-state index contributed by atoms with van der Waals surface area (Å²) in [6, 6.07) is 6.39. The normalized spacial score (nSPS) is 11.8. The van der Waals surface area contributed by atoms with Crippen LogP contribution in [0.5, 0.6) is 5.75 Å². The second-order valence-corrected chi connectivity index (χ2v) is 6.09. The standard InChI is InChI=1S/C12H14NO5.Hg/c1-8(14)7-13(12(16)17)11(15)9-5-3-4-6-10(9)18-2;/h3-6,8,14H,1,7H2,2H3,(H,16,17);/q;+1. The third-order valence-corrected chi connectivity index (χ3v) is 5.13. The summed E-state index contributed by atoms with van der Waals surface area (Å²) < 4.78 is 5.59. The zero-order valence-corrected chi connectivity index (χ0v) is 16.1. The molecule has 7 heteroatoms. The third-order valence-electron chi connectivity index (χ3n) is 2.54. The number of nitrogens with zero attached hydrogens (tertiary/aromatic N) is 1. The fourth-order valence-electron chi connectivity index (χ4n) is 1.52. The number of aliphatic hydroxyl groups is 1. The van der Waals surface area contributed by atoms with Gasteiger partial charge in [-0.15, -0.1) is 0 Å². The van der Waals surface area contributed by atoms with E-state index < -0.39 is 18.1 Å². The summed E-state index contributed by atoms with van der Waals surface area (Å²) in [5.41, 5.74) is 0.165. The second kappa shape index (κ2) is 7.45. The first kappa shape index (κ1) is 15.9. The van der Waals surface area contributed by atoms with Crippen molar-refractivity contribution in [1.82, 2.24) is 4.90 Å². The molecule has 0 saturated heterocycles. The fourth-order valence-corrected chi connectivity index (χ4v) is 2.23. The van der Waals surface area contributed by atoms with Gasteiger partial charge in [0.1, 0.15) is 0 Å². The van der Waals surface area contributed by atoms with Crippen molar-refractivity contribution in [2.75, 3.05) is 13.7 Å². The predicted molar refractivity (Wildman–Crippen MR) is 62.9 cm³/mol. The molecule has 1 aromatic carbocycles.